The van der Waals surface area contributed by atoms with Crippen molar-refractivity contribution < 1.29 is 18.7 Å². The van der Waals surface area contributed by atoms with E-state index in [1.165, 1.54) is 22.9 Å². The van der Waals surface area contributed by atoms with E-state index in [1.807, 2.05) is 31.2 Å². The van der Waals surface area contributed by atoms with Crippen LogP contribution in [0.1, 0.15) is 36.5 Å². The molecule has 1 amide bonds. The van der Waals surface area contributed by atoms with E-state index in [4.69, 9.17) is 14.5 Å². The zero-order valence-electron chi connectivity index (χ0n) is 24.3. The fourth-order valence-electron chi connectivity index (χ4n) is 4.66. The summed E-state index contributed by atoms with van der Waals surface area (Å²) in [7, 11) is 1.65. The fourth-order valence-corrected chi connectivity index (χ4v) is 4.66. The molecular weight excluding hydrogens is 547 g/mol. The van der Waals surface area contributed by atoms with Gasteiger partial charge in [0.1, 0.15) is 17.3 Å². The minimum atomic E-state index is -0.440. The number of aromatic nitrogens is 2. The standard InChI is InChI=1S/C34H31FN4O4/c1-21(2)28-18-29(22(3)16-31(28)42-4)33-38-30-11-6-5-10-27(30)34(41)39(33)36-19-23-12-14-26(15-13-23)43-20-32(40)37-25-9-7-8-24(35)17-25/h5-19,21H,20H2,1-4H3,(H,37,40). The largest absolute Gasteiger partial charge is 0.496 e. The van der Waals surface area contributed by atoms with Crippen LogP contribution in [0, 0.1) is 12.7 Å². The van der Waals surface area contributed by atoms with E-state index in [-0.39, 0.29) is 18.1 Å². The first-order chi connectivity index (χ1) is 20.7. The molecule has 0 saturated carbocycles. The average molecular weight is 579 g/mol. The van der Waals surface area contributed by atoms with Gasteiger partial charge in [0, 0.05) is 11.3 Å². The number of para-hydroxylation sites is 1. The van der Waals surface area contributed by atoms with Crippen LogP contribution in [-0.2, 0) is 4.79 Å². The Morgan fingerprint density at radius 3 is 2.53 bits per heavy atom. The highest BCUT2D eigenvalue weighted by molar-refractivity contribution is 5.91. The number of nitrogens with one attached hydrogen (secondary N) is 1. The van der Waals surface area contributed by atoms with Crippen molar-refractivity contribution in [1.82, 2.24) is 9.66 Å². The monoisotopic (exact) mass is 578 g/mol. The molecule has 0 unspecified atom stereocenters. The lowest BCUT2D eigenvalue weighted by atomic mass is 9.96. The second kappa shape index (κ2) is 12.7. The highest BCUT2D eigenvalue weighted by atomic mass is 19.1. The molecule has 0 atom stereocenters. The first-order valence-corrected chi connectivity index (χ1v) is 13.8. The Balaban J connectivity index is 1.42. The molecule has 0 aliphatic rings. The maximum absolute atomic E-state index is 13.7. The van der Waals surface area contributed by atoms with Crippen LogP contribution in [0.5, 0.6) is 11.5 Å². The van der Waals surface area contributed by atoms with Crippen molar-refractivity contribution in [3.63, 3.8) is 0 Å². The number of fused-ring (bicyclic) bond motifs is 1. The number of hydrogen-bond acceptors (Lipinski definition) is 6. The molecule has 8 nitrogen and oxygen atoms in total. The van der Waals surface area contributed by atoms with Crippen molar-refractivity contribution in [1.29, 1.82) is 0 Å². The first-order valence-electron chi connectivity index (χ1n) is 13.8. The summed E-state index contributed by atoms with van der Waals surface area (Å²) in [5, 5.41) is 7.61. The van der Waals surface area contributed by atoms with Crippen LogP contribution in [0.4, 0.5) is 10.1 Å². The van der Waals surface area contributed by atoms with Crippen LogP contribution in [0.15, 0.2) is 94.8 Å². The van der Waals surface area contributed by atoms with Gasteiger partial charge in [-0.15, -0.1) is 0 Å². The van der Waals surface area contributed by atoms with Crippen LogP contribution in [-0.4, -0.2) is 35.5 Å². The Labute approximate surface area is 248 Å². The van der Waals surface area contributed by atoms with Crippen LogP contribution in [0.25, 0.3) is 22.3 Å². The molecule has 1 aromatic heterocycles. The van der Waals surface area contributed by atoms with Gasteiger partial charge in [-0.2, -0.15) is 9.78 Å². The van der Waals surface area contributed by atoms with Crippen LogP contribution in [0.3, 0.4) is 0 Å². The van der Waals surface area contributed by atoms with E-state index in [1.54, 1.807) is 55.8 Å². The Morgan fingerprint density at radius 1 is 1.05 bits per heavy atom. The number of hydrogen-bond donors (Lipinski definition) is 1. The van der Waals surface area contributed by atoms with Gasteiger partial charge in [-0.3, -0.25) is 9.59 Å². The zero-order valence-corrected chi connectivity index (χ0v) is 24.3. The second-order valence-electron chi connectivity index (χ2n) is 10.3. The SMILES string of the molecule is COc1cc(C)c(-c2nc3ccccc3c(=O)n2N=Cc2ccc(OCC(=O)Nc3cccc(F)c3)cc2)cc1C(C)C. The summed E-state index contributed by atoms with van der Waals surface area (Å²) in [5.74, 6) is 0.999. The first kappa shape index (κ1) is 29.2. The lowest BCUT2D eigenvalue weighted by Crippen LogP contribution is -2.21. The van der Waals surface area contributed by atoms with Gasteiger partial charge in [-0.1, -0.05) is 32.0 Å². The lowest BCUT2D eigenvalue weighted by molar-refractivity contribution is -0.118. The van der Waals surface area contributed by atoms with Crippen LogP contribution in [0.2, 0.25) is 0 Å². The molecule has 5 rings (SSSR count). The fraction of sp³-hybridized carbons (Fsp3) is 0.176. The van der Waals surface area contributed by atoms with Crippen molar-refractivity contribution in [3.05, 3.63) is 118 Å². The van der Waals surface area contributed by atoms with E-state index in [9.17, 15) is 14.0 Å². The number of benzene rings is 4. The molecule has 0 spiro atoms. The number of amides is 1. The van der Waals surface area contributed by atoms with Crippen molar-refractivity contribution in [2.75, 3.05) is 19.0 Å². The molecule has 0 aliphatic heterocycles. The third-order valence-electron chi connectivity index (χ3n) is 6.87. The third kappa shape index (κ3) is 6.62. The van der Waals surface area contributed by atoms with Gasteiger partial charge >= 0.3 is 0 Å². The Morgan fingerprint density at radius 2 is 1.81 bits per heavy atom. The number of methoxy groups -OCH3 is 1. The van der Waals surface area contributed by atoms with Gasteiger partial charge < -0.3 is 14.8 Å². The molecular formula is C34H31FN4O4. The lowest BCUT2D eigenvalue weighted by Gasteiger charge is -2.17. The van der Waals surface area contributed by atoms with Crippen LogP contribution >= 0.6 is 0 Å². The van der Waals surface area contributed by atoms with Gasteiger partial charge in [0.25, 0.3) is 11.5 Å². The number of halogens is 1. The summed E-state index contributed by atoms with van der Waals surface area (Å²) < 4.78 is 25.9. The minimum absolute atomic E-state index is 0.187. The van der Waals surface area contributed by atoms with E-state index in [0.29, 0.717) is 33.7 Å². The predicted octanol–water partition coefficient (Wildman–Crippen LogP) is 6.54. The van der Waals surface area contributed by atoms with Crippen molar-refractivity contribution >= 4 is 28.7 Å². The van der Waals surface area contributed by atoms with Gasteiger partial charge in [-0.05, 0) is 96.3 Å². The smallest absolute Gasteiger partial charge is 0.282 e. The van der Waals surface area contributed by atoms with E-state index in [0.717, 1.165) is 22.4 Å². The summed E-state index contributed by atoms with van der Waals surface area (Å²) in [4.78, 5) is 30.7. The number of carbonyl (C=O) groups excluding carboxylic acids is 1. The van der Waals surface area contributed by atoms with Crippen molar-refractivity contribution in [3.8, 4) is 22.9 Å². The van der Waals surface area contributed by atoms with Crippen LogP contribution < -0.4 is 20.3 Å². The zero-order chi connectivity index (χ0) is 30.5. The highest BCUT2D eigenvalue weighted by Crippen LogP contribution is 2.34. The van der Waals surface area contributed by atoms with Gasteiger partial charge in [-0.25, -0.2) is 9.37 Å². The normalized spacial score (nSPS) is 11.3. The minimum Gasteiger partial charge on any atom is -0.496 e. The highest BCUT2D eigenvalue weighted by Gasteiger charge is 2.18. The van der Waals surface area contributed by atoms with E-state index in [2.05, 4.69) is 24.3 Å². The molecule has 218 valence electrons. The van der Waals surface area contributed by atoms with Crippen molar-refractivity contribution in [2.45, 2.75) is 26.7 Å². The topological polar surface area (TPSA) is 94.8 Å². The summed E-state index contributed by atoms with van der Waals surface area (Å²) in [6.07, 6.45) is 1.57. The summed E-state index contributed by atoms with van der Waals surface area (Å²) in [6, 6.07) is 23.7. The Bertz CT molecular complexity index is 1880. The number of carbonyl (C=O) groups is 1. The van der Waals surface area contributed by atoms with Gasteiger partial charge in [0.2, 0.25) is 0 Å². The van der Waals surface area contributed by atoms with Crippen molar-refractivity contribution in [2.24, 2.45) is 5.10 Å². The number of ether oxygens (including phenoxy) is 2. The number of aryl methyl sites for hydroxylation is 1. The van der Waals surface area contributed by atoms with Gasteiger partial charge in [0.05, 0.1) is 24.2 Å². The second-order valence-corrected chi connectivity index (χ2v) is 10.3. The number of anilines is 1. The predicted molar refractivity (Wildman–Crippen MR) is 167 cm³/mol. The summed E-state index contributed by atoms with van der Waals surface area (Å²) >= 11 is 0. The molecule has 0 bridgehead atoms. The third-order valence-corrected chi connectivity index (χ3v) is 6.87. The average Bonchev–Trinajstić information content (AvgIpc) is 3.00. The molecule has 1 heterocycles. The maximum atomic E-state index is 13.7. The molecule has 0 fully saturated rings. The maximum Gasteiger partial charge on any atom is 0.282 e. The van der Waals surface area contributed by atoms with E-state index >= 15 is 0 Å². The Kier molecular flexibility index (Phi) is 8.61. The quantitative estimate of drug-likeness (QED) is 0.200. The molecule has 9 heteroatoms. The molecule has 43 heavy (non-hydrogen) atoms. The molecule has 0 saturated heterocycles. The molecule has 4 aromatic carbocycles. The number of nitrogens with zero attached hydrogens (tertiary/aromatic N) is 3. The van der Waals surface area contributed by atoms with E-state index < -0.39 is 11.7 Å². The van der Waals surface area contributed by atoms with Gasteiger partial charge in [0.15, 0.2) is 12.4 Å². The summed E-state index contributed by atoms with van der Waals surface area (Å²) in [5.41, 5.74) is 4.03. The molecule has 5 aromatic rings. The molecule has 0 aliphatic carbocycles. The molecule has 0 radical (unpaired) electrons. The Hall–Kier alpha value is -5.31. The number of rotatable bonds is 9. The summed E-state index contributed by atoms with van der Waals surface area (Å²) in [6.45, 7) is 5.87. The molecule has 1 N–H and O–H groups in total.